The predicted molar refractivity (Wildman–Crippen MR) is 72.8 cm³/mol. The molecule has 0 fully saturated rings. The SMILES string of the molecule is Cc1ccc(OCNC(=O)NC(C)(C)C)cc1C. The smallest absolute Gasteiger partial charge is 0.317 e. The molecule has 0 bridgehead atoms. The van der Waals surface area contributed by atoms with Gasteiger partial charge in [0.15, 0.2) is 6.73 Å². The van der Waals surface area contributed by atoms with E-state index in [1.165, 1.54) is 11.1 Å². The maximum absolute atomic E-state index is 11.5. The van der Waals surface area contributed by atoms with Crippen molar-refractivity contribution < 1.29 is 9.53 Å². The van der Waals surface area contributed by atoms with Crippen molar-refractivity contribution >= 4 is 6.03 Å². The highest BCUT2D eigenvalue weighted by atomic mass is 16.5. The molecule has 2 N–H and O–H groups in total. The standard InChI is InChI=1S/C14H22N2O2/c1-10-6-7-12(8-11(10)2)18-9-15-13(17)16-14(3,4)5/h6-8H,9H2,1-5H3,(H2,15,16,17). The zero-order valence-corrected chi connectivity index (χ0v) is 11.8. The molecule has 0 radical (unpaired) electrons. The largest absolute Gasteiger partial charge is 0.473 e. The van der Waals surface area contributed by atoms with E-state index in [2.05, 4.69) is 10.6 Å². The van der Waals surface area contributed by atoms with E-state index in [4.69, 9.17) is 4.74 Å². The van der Waals surface area contributed by atoms with Gasteiger partial charge in [0, 0.05) is 5.54 Å². The molecule has 4 heteroatoms. The van der Waals surface area contributed by atoms with Crippen LogP contribution >= 0.6 is 0 Å². The number of nitrogens with one attached hydrogen (secondary N) is 2. The van der Waals surface area contributed by atoms with Gasteiger partial charge in [0.25, 0.3) is 0 Å². The van der Waals surface area contributed by atoms with Crippen LogP contribution in [-0.4, -0.2) is 18.3 Å². The Labute approximate surface area is 109 Å². The normalized spacial score (nSPS) is 10.9. The van der Waals surface area contributed by atoms with E-state index in [0.717, 1.165) is 5.75 Å². The first-order valence-electron chi connectivity index (χ1n) is 6.04. The third-order valence-electron chi connectivity index (χ3n) is 2.44. The van der Waals surface area contributed by atoms with Gasteiger partial charge in [-0.1, -0.05) is 6.07 Å². The van der Waals surface area contributed by atoms with Gasteiger partial charge < -0.3 is 15.4 Å². The predicted octanol–water partition coefficient (Wildman–Crippen LogP) is 2.74. The molecule has 2 amide bonds. The molecule has 1 aromatic carbocycles. The van der Waals surface area contributed by atoms with Crippen LogP contribution in [0.3, 0.4) is 0 Å². The average molecular weight is 250 g/mol. The molecule has 0 heterocycles. The zero-order chi connectivity index (χ0) is 13.8. The van der Waals surface area contributed by atoms with Gasteiger partial charge in [-0.3, -0.25) is 0 Å². The van der Waals surface area contributed by atoms with E-state index in [9.17, 15) is 4.79 Å². The van der Waals surface area contributed by atoms with Crippen molar-refractivity contribution in [2.45, 2.75) is 40.2 Å². The van der Waals surface area contributed by atoms with Gasteiger partial charge in [-0.2, -0.15) is 0 Å². The number of ether oxygens (including phenoxy) is 1. The average Bonchev–Trinajstić information content (AvgIpc) is 2.20. The number of hydrogen-bond donors (Lipinski definition) is 2. The van der Waals surface area contributed by atoms with Crippen molar-refractivity contribution in [1.29, 1.82) is 0 Å². The van der Waals surface area contributed by atoms with E-state index in [-0.39, 0.29) is 18.3 Å². The molecule has 0 saturated heterocycles. The fourth-order valence-electron chi connectivity index (χ4n) is 1.37. The summed E-state index contributed by atoms with van der Waals surface area (Å²) in [5.41, 5.74) is 2.15. The molecule has 1 rings (SSSR count). The molecule has 0 aromatic heterocycles. The number of aryl methyl sites for hydroxylation is 2. The third-order valence-corrected chi connectivity index (χ3v) is 2.44. The summed E-state index contributed by atoms with van der Waals surface area (Å²) in [5.74, 6) is 0.758. The summed E-state index contributed by atoms with van der Waals surface area (Å²) in [6, 6.07) is 5.62. The van der Waals surface area contributed by atoms with Crippen LogP contribution in [0.5, 0.6) is 5.75 Å². The second-order valence-corrected chi connectivity index (χ2v) is 5.42. The third kappa shape index (κ3) is 5.08. The molecule has 0 saturated carbocycles. The minimum absolute atomic E-state index is 0.157. The minimum Gasteiger partial charge on any atom is -0.473 e. The lowest BCUT2D eigenvalue weighted by Gasteiger charge is -2.20. The van der Waals surface area contributed by atoms with Crippen LogP contribution in [0.2, 0.25) is 0 Å². The number of rotatable bonds is 3. The molecule has 0 atom stereocenters. The molecule has 0 aliphatic carbocycles. The lowest BCUT2D eigenvalue weighted by Crippen LogP contribution is -2.47. The van der Waals surface area contributed by atoms with Crippen molar-refractivity contribution in [2.75, 3.05) is 6.73 Å². The first-order chi connectivity index (χ1) is 8.28. The summed E-state index contributed by atoms with van der Waals surface area (Å²) >= 11 is 0. The van der Waals surface area contributed by atoms with Crippen molar-refractivity contribution in [1.82, 2.24) is 10.6 Å². The van der Waals surface area contributed by atoms with Crippen LogP contribution in [-0.2, 0) is 0 Å². The number of amides is 2. The van der Waals surface area contributed by atoms with Crippen molar-refractivity contribution in [2.24, 2.45) is 0 Å². The van der Waals surface area contributed by atoms with Gasteiger partial charge in [-0.15, -0.1) is 0 Å². The Morgan fingerprint density at radius 1 is 1.22 bits per heavy atom. The quantitative estimate of drug-likeness (QED) is 0.810. The highest BCUT2D eigenvalue weighted by molar-refractivity contribution is 5.74. The molecular weight excluding hydrogens is 228 g/mol. The summed E-state index contributed by atoms with van der Waals surface area (Å²) in [7, 11) is 0. The molecular formula is C14H22N2O2. The van der Waals surface area contributed by atoms with Crippen molar-refractivity contribution in [3.63, 3.8) is 0 Å². The van der Waals surface area contributed by atoms with Gasteiger partial charge in [0.1, 0.15) is 5.75 Å². The number of benzene rings is 1. The van der Waals surface area contributed by atoms with Crippen LogP contribution < -0.4 is 15.4 Å². The van der Waals surface area contributed by atoms with E-state index >= 15 is 0 Å². The maximum atomic E-state index is 11.5. The Morgan fingerprint density at radius 3 is 2.44 bits per heavy atom. The molecule has 1 aromatic rings. The Hall–Kier alpha value is -1.71. The van der Waals surface area contributed by atoms with Crippen LogP contribution in [0.15, 0.2) is 18.2 Å². The summed E-state index contributed by atoms with van der Waals surface area (Å²) in [6.45, 7) is 10.0. The van der Waals surface area contributed by atoms with Gasteiger partial charge in [-0.25, -0.2) is 4.79 Å². The van der Waals surface area contributed by atoms with Gasteiger partial charge in [0.2, 0.25) is 0 Å². The molecule has 100 valence electrons. The second kappa shape index (κ2) is 5.76. The Morgan fingerprint density at radius 2 is 1.89 bits per heavy atom. The zero-order valence-electron chi connectivity index (χ0n) is 11.8. The topological polar surface area (TPSA) is 50.4 Å². The fraction of sp³-hybridized carbons (Fsp3) is 0.500. The van der Waals surface area contributed by atoms with Gasteiger partial charge >= 0.3 is 6.03 Å². The van der Waals surface area contributed by atoms with Gasteiger partial charge in [-0.05, 0) is 57.9 Å². The first-order valence-corrected chi connectivity index (χ1v) is 6.04. The number of urea groups is 1. The van der Waals surface area contributed by atoms with Crippen molar-refractivity contribution in [3.05, 3.63) is 29.3 Å². The van der Waals surface area contributed by atoms with Crippen LogP contribution in [0.25, 0.3) is 0 Å². The molecule has 18 heavy (non-hydrogen) atoms. The summed E-state index contributed by atoms with van der Waals surface area (Å²) in [4.78, 5) is 11.5. The van der Waals surface area contributed by atoms with Crippen LogP contribution in [0.4, 0.5) is 4.79 Å². The van der Waals surface area contributed by atoms with E-state index in [0.29, 0.717) is 0 Å². The summed E-state index contributed by atoms with van der Waals surface area (Å²) in [5, 5.41) is 5.45. The highest BCUT2D eigenvalue weighted by Crippen LogP contribution is 2.15. The minimum atomic E-state index is -0.246. The Bertz CT molecular complexity index is 422. The van der Waals surface area contributed by atoms with Crippen molar-refractivity contribution in [3.8, 4) is 5.75 Å². The maximum Gasteiger partial charge on any atom is 0.317 e. The number of carbonyl (C=O) groups is 1. The monoisotopic (exact) mass is 250 g/mol. The van der Waals surface area contributed by atoms with Crippen LogP contribution in [0, 0.1) is 13.8 Å². The van der Waals surface area contributed by atoms with E-state index in [1.807, 2.05) is 52.8 Å². The summed E-state index contributed by atoms with van der Waals surface area (Å²) in [6.07, 6.45) is 0. The number of hydrogen-bond acceptors (Lipinski definition) is 2. The lowest BCUT2D eigenvalue weighted by atomic mass is 10.1. The Kier molecular flexibility index (Phi) is 4.59. The first kappa shape index (κ1) is 14.4. The molecule has 0 aliphatic rings. The Balaban J connectivity index is 2.38. The second-order valence-electron chi connectivity index (χ2n) is 5.42. The molecule has 0 unspecified atom stereocenters. The molecule has 0 aliphatic heterocycles. The lowest BCUT2D eigenvalue weighted by molar-refractivity contribution is 0.216. The molecule has 0 spiro atoms. The van der Waals surface area contributed by atoms with E-state index in [1.54, 1.807) is 0 Å². The fourth-order valence-corrected chi connectivity index (χ4v) is 1.37. The summed E-state index contributed by atoms with van der Waals surface area (Å²) < 4.78 is 5.46. The van der Waals surface area contributed by atoms with Crippen LogP contribution in [0.1, 0.15) is 31.9 Å². The van der Waals surface area contributed by atoms with E-state index < -0.39 is 0 Å². The molecule has 4 nitrogen and oxygen atoms in total. The van der Waals surface area contributed by atoms with Gasteiger partial charge in [0.05, 0.1) is 0 Å². The highest BCUT2D eigenvalue weighted by Gasteiger charge is 2.12. The number of carbonyl (C=O) groups excluding carboxylic acids is 1.